The van der Waals surface area contributed by atoms with E-state index in [2.05, 4.69) is 10.1 Å². The topological polar surface area (TPSA) is 118 Å². The molecular formula is C17H13N5O2. The van der Waals surface area contributed by atoms with Gasteiger partial charge in [-0.05, 0) is 36.2 Å². The van der Waals surface area contributed by atoms with Gasteiger partial charge in [-0.25, -0.2) is 4.98 Å². The molecule has 118 valence electrons. The molecule has 0 bridgehead atoms. The van der Waals surface area contributed by atoms with Crippen molar-refractivity contribution in [3.63, 3.8) is 0 Å². The molecule has 0 aliphatic rings. The van der Waals surface area contributed by atoms with Crippen LogP contribution in [0.3, 0.4) is 0 Å². The summed E-state index contributed by atoms with van der Waals surface area (Å²) in [5.41, 5.74) is 7.99. The second-order valence-corrected chi connectivity index (χ2v) is 5.20. The van der Waals surface area contributed by atoms with Gasteiger partial charge in [-0.3, -0.25) is 4.79 Å². The molecule has 2 heterocycles. The van der Waals surface area contributed by atoms with Crippen molar-refractivity contribution in [2.75, 3.05) is 0 Å². The zero-order chi connectivity index (χ0) is 17.3. The fourth-order valence-corrected chi connectivity index (χ4v) is 2.35. The summed E-state index contributed by atoms with van der Waals surface area (Å²) in [6.45, 7) is 1.73. The van der Waals surface area contributed by atoms with Gasteiger partial charge in [0.25, 0.3) is 5.91 Å². The molecule has 0 saturated heterocycles. The van der Waals surface area contributed by atoms with E-state index in [1.54, 1.807) is 37.3 Å². The van der Waals surface area contributed by atoms with Crippen LogP contribution in [-0.4, -0.2) is 25.8 Å². The van der Waals surface area contributed by atoms with Crippen LogP contribution in [0.4, 0.5) is 0 Å². The number of carbonyl (C=O) groups excluding carboxylic acids is 1. The van der Waals surface area contributed by atoms with Crippen LogP contribution in [0.25, 0.3) is 16.9 Å². The molecule has 0 aliphatic heterocycles. The second kappa shape index (κ2) is 5.85. The Morgan fingerprint density at radius 1 is 1.29 bits per heavy atom. The van der Waals surface area contributed by atoms with Crippen LogP contribution in [-0.2, 0) is 0 Å². The van der Waals surface area contributed by atoms with E-state index in [0.29, 0.717) is 28.1 Å². The van der Waals surface area contributed by atoms with Crippen molar-refractivity contribution in [2.24, 2.45) is 5.73 Å². The lowest BCUT2D eigenvalue weighted by Gasteiger charge is -2.06. The van der Waals surface area contributed by atoms with Crippen molar-refractivity contribution in [3.8, 4) is 28.9 Å². The first-order valence-corrected chi connectivity index (χ1v) is 7.05. The molecule has 3 aromatic rings. The summed E-state index contributed by atoms with van der Waals surface area (Å²) in [5, 5.41) is 23.4. The van der Waals surface area contributed by atoms with Gasteiger partial charge in [0.05, 0.1) is 29.0 Å². The number of hydrogen-bond donors (Lipinski definition) is 2. The van der Waals surface area contributed by atoms with E-state index in [0.717, 1.165) is 5.56 Å². The van der Waals surface area contributed by atoms with E-state index >= 15 is 0 Å². The molecule has 0 fully saturated rings. The minimum Gasteiger partial charge on any atom is -0.493 e. The first kappa shape index (κ1) is 15.2. The van der Waals surface area contributed by atoms with Crippen LogP contribution in [0, 0.1) is 18.3 Å². The predicted octanol–water partition coefficient (Wildman–Crippen LogP) is 1.92. The number of rotatable bonds is 3. The molecule has 3 rings (SSSR count). The number of nitrogens with zero attached hydrogens (tertiary/aromatic N) is 4. The Kier molecular flexibility index (Phi) is 3.72. The SMILES string of the molecule is Cc1cc(-n2ncc(-c3ccc(C#N)cc3)c2O)ncc1C(N)=O. The summed E-state index contributed by atoms with van der Waals surface area (Å²) >= 11 is 0. The lowest BCUT2D eigenvalue weighted by Crippen LogP contribution is -2.14. The lowest BCUT2D eigenvalue weighted by molar-refractivity contribution is 0.0999. The normalized spacial score (nSPS) is 10.3. The Morgan fingerprint density at radius 3 is 2.58 bits per heavy atom. The maximum Gasteiger partial charge on any atom is 0.250 e. The highest BCUT2D eigenvalue weighted by molar-refractivity contribution is 5.94. The molecule has 0 aliphatic carbocycles. The Bertz CT molecular complexity index is 968. The van der Waals surface area contributed by atoms with E-state index in [-0.39, 0.29) is 5.88 Å². The molecule has 0 radical (unpaired) electrons. The summed E-state index contributed by atoms with van der Waals surface area (Å²) in [5.74, 6) is -0.275. The number of aromatic nitrogens is 3. The van der Waals surface area contributed by atoms with Gasteiger partial charge < -0.3 is 10.8 Å². The monoisotopic (exact) mass is 319 g/mol. The number of carbonyl (C=O) groups is 1. The number of amides is 1. The van der Waals surface area contributed by atoms with Crippen LogP contribution in [0.1, 0.15) is 21.5 Å². The Labute approximate surface area is 137 Å². The fraction of sp³-hybridized carbons (Fsp3) is 0.0588. The first-order chi connectivity index (χ1) is 11.5. The Morgan fingerprint density at radius 2 is 2.00 bits per heavy atom. The molecule has 7 heteroatoms. The number of hydrogen-bond acceptors (Lipinski definition) is 5. The van der Waals surface area contributed by atoms with Crippen molar-refractivity contribution in [1.82, 2.24) is 14.8 Å². The maximum absolute atomic E-state index is 11.3. The van der Waals surface area contributed by atoms with Gasteiger partial charge in [0.15, 0.2) is 5.82 Å². The van der Waals surface area contributed by atoms with Gasteiger partial charge >= 0.3 is 0 Å². The summed E-state index contributed by atoms with van der Waals surface area (Å²) in [7, 11) is 0. The van der Waals surface area contributed by atoms with Crippen LogP contribution in [0.5, 0.6) is 5.88 Å². The lowest BCUT2D eigenvalue weighted by atomic mass is 10.1. The standard InChI is InChI=1S/C17H13N5O2/c1-10-6-15(20-8-13(10)16(19)23)22-17(24)14(9-21-22)12-4-2-11(7-18)3-5-12/h2-6,8-9,24H,1H3,(H2,19,23). The zero-order valence-corrected chi connectivity index (χ0v) is 12.8. The average Bonchev–Trinajstić information content (AvgIpc) is 2.96. The van der Waals surface area contributed by atoms with Crippen LogP contribution in [0.15, 0.2) is 42.7 Å². The minimum absolute atomic E-state index is 0.0848. The molecule has 2 aromatic heterocycles. The highest BCUT2D eigenvalue weighted by atomic mass is 16.3. The number of primary amides is 1. The summed E-state index contributed by atoms with van der Waals surface area (Å²) < 4.78 is 1.27. The van der Waals surface area contributed by atoms with Crippen LogP contribution >= 0.6 is 0 Å². The van der Waals surface area contributed by atoms with E-state index in [1.165, 1.54) is 17.1 Å². The summed E-state index contributed by atoms with van der Waals surface area (Å²) in [4.78, 5) is 15.4. The number of aromatic hydroxyl groups is 1. The van der Waals surface area contributed by atoms with Crippen molar-refractivity contribution in [3.05, 3.63) is 59.4 Å². The maximum atomic E-state index is 11.3. The average molecular weight is 319 g/mol. The van der Waals surface area contributed by atoms with Crippen molar-refractivity contribution in [2.45, 2.75) is 6.92 Å². The fourth-order valence-electron chi connectivity index (χ4n) is 2.35. The Hall–Kier alpha value is -3.66. The predicted molar refractivity (Wildman–Crippen MR) is 86.4 cm³/mol. The van der Waals surface area contributed by atoms with Crippen molar-refractivity contribution in [1.29, 1.82) is 5.26 Å². The number of pyridine rings is 1. The van der Waals surface area contributed by atoms with Gasteiger partial charge in [-0.1, -0.05) is 12.1 Å². The minimum atomic E-state index is -0.561. The van der Waals surface area contributed by atoms with E-state index < -0.39 is 5.91 Å². The molecule has 1 aromatic carbocycles. The highest BCUT2D eigenvalue weighted by Crippen LogP contribution is 2.30. The third kappa shape index (κ3) is 2.57. The quantitative estimate of drug-likeness (QED) is 0.764. The van der Waals surface area contributed by atoms with E-state index in [4.69, 9.17) is 11.0 Å². The van der Waals surface area contributed by atoms with Gasteiger partial charge in [-0.2, -0.15) is 15.0 Å². The number of nitriles is 1. The molecule has 0 saturated carbocycles. The van der Waals surface area contributed by atoms with Gasteiger partial charge in [-0.15, -0.1) is 0 Å². The molecule has 0 spiro atoms. The van der Waals surface area contributed by atoms with E-state index in [9.17, 15) is 9.90 Å². The first-order valence-electron chi connectivity index (χ1n) is 7.05. The largest absolute Gasteiger partial charge is 0.493 e. The van der Waals surface area contributed by atoms with Crippen molar-refractivity contribution < 1.29 is 9.90 Å². The van der Waals surface area contributed by atoms with Crippen molar-refractivity contribution >= 4 is 5.91 Å². The molecule has 3 N–H and O–H groups in total. The van der Waals surface area contributed by atoms with Gasteiger partial charge in [0.2, 0.25) is 5.88 Å². The molecule has 1 amide bonds. The molecule has 0 unspecified atom stereocenters. The Balaban J connectivity index is 2.02. The smallest absolute Gasteiger partial charge is 0.250 e. The summed E-state index contributed by atoms with van der Waals surface area (Å²) in [6, 6.07) is 10.4. The van der Waals surface area contributed by atoms with Crippen LogP contribution < -0.4 is 5.73 Å². The molecular weight excluding hydrogens is 306 g/mol. The van der Waals surface area contributed by atoms with E-state index in [1.807, 2.05) is 6.07 Å². The third-order valence-corrected chi connectivity index (χ3v) is 3.65. The second-order valence-electron chi connectivity index (χ2n) is 5.20. The van der Waals surface area contributed by atoms with Gasteiger partial charge in [0.1, 0.15) is 0 Å². The zero-order valence-electron chi connectivity index (χ0n) is 12.8. The molecule has 24 heavy (non-hydrogen) atoms. The number of nitrogens with two attached hydrogens (primary N) is 1. The van der Waals surface area contributed by atoms with Gasteiger partial charge in [0, 0.05) is 6.20 Å². The summed E-state index contributed by atoms with van der Waals surface area (Å²) in [6.07, 6.45) is 2.87. The molecule has 7 nitrogen and oxygen atoms in total. The molecule has 0 atom stereocenters. The number of benzene rings is 1. The van der Waals surface area contributed by atoms with Crippen LogP contribution in [0.2, 0.25) is 0 Å². The highest BCUT2D eigenvalue weighted by Gasteiger charge is 2.15. The number of aryl methyl sites for hydroxylation is 1. The third-order valence-electron chi connectivity index (χ3n) is 3.65.